The lowest BCUT2D eigenvalue weighted by molar-refractivity contribution is 0.154. The number of hydrogen-bond donors (Lipinski definition) is 2. The first-order valence-electron chi connectivity index (χ1n) is 7.77. The van der Waals surface area contributed by atoms with Gasteiger partial charge in [-0.25, -0.2) is 13.4 Å². The molecule has 0 aromatic carbocycles. The van der Waals surface area contributed by atoms with E-state index in [4.69, 9.17) is 9.15 Å². The zero-order valence-corrected chi connectivity index (χ0v) is 15.9. The Balaban J connectivity index is 2.27. The zero-order valence-electron chi connectivity index (χ0n) is 15.0. The lowest BCUT2D eigenvalue weighted by Crippen LogP contribution is -2.38. The fourth-order valence-electron chi connectivity index (χ4n) is 1.67. The molecule has 2 N–H and O–H groups in total. The van der Waals surface area contributed by atoms with Gasteiger partial charge in [0.25, 0.3) is 0 Å². The van der Waals surface area contributed by atoms with Crippen LogP contribution in [0.2, 0.25) is 0 Å². The molecule has 0 aliphatic carbocycles. The maximum Gasteiger partial charge on any atom is 0.213 e. The SMILES string of the molecule is CN=C(NCCOCCS(C)(=O)=O)NCc1ncc(C(C)(C)C)o1. The summed E-state index contributed by atoms with van der Waals surface area (Å²) in [6.45, 7) is 7.72. The molecule has 1 heterocycles. The average molecular weight is 360 g/mol. The molecule has 1 aromatic rings. The molecule has 0 spiro atoms. The molecular weight excluding hydrogens is 332 g/mol. The van der Waals surface area contributed by atoms with E-state index < -0.39 is 9.84 Å². The van der Waals surface area contributed by atoms with Gasteiger partial charge in [0, 0.05) is 25.3 Å². The molecule has 138 valence electrons. The van der Waals surface area contributed by atoms with Crippen LogP contribution in [0.1, 0.15) is 32.4 Å². The summed E-state index contributed by atoms with van der Waals surface area (Å²) in [5.74, 6) is 2.05. The minimum absolute atomic E-state index is 0.0280. The Kier molecular flexibility index (Phi) is 7.68. The highest BCUT2D eigenvalue weighted by Gasteiger charge is 2.19. The van der Waals surface area contributed by atoms with Crippen LogP contribution in [0, 0.1) is 0 Å². The van der Waals surface area contributed by atoms with Crippen molar-refractivity contribution in [1.82, 2.24) is 15.6 Å². The average Bonchev–Trinajstić information content (AvgIpc) is 2.93. The van der Waals surface area contributed by atoms with Crippen molar-refractivity contribution in [3.05, 3.63) is 17.8 Å². The summed E-state index contributed by atoms with van der Waals surface area (Å²) < 4.78 is 32.9. The molecule has 1 rings (SSSR count). The van der Waals surface area contributed by atoms with Crippen molar-refractivity contribution in [3.8, 4) is 0 Å². The largest absolute Gasteiger partial charge is 0.443 e. The monoisotopic (exact) mass is 360 g/mol. The molecule has 0 saturated heterocycles. The van der Waals surface area contributed by atoms with Crippen molar-refractivity contribution in [3.63, 3.8) is 0 Å². The molecule has 9 heteroatoms. The molecule has 0 saturated carbocycles. The van der Waals surface area contributed by atoms with Gasteiger partial charge in [0.1, 0.15) is 15.6 Å². The summed E-state index contributed by atoms with van der Waals surface area (Å²) in [5, 5.41) is 6.17. The second-order valence-corrected chi connectivity index (χ2v) is 8.72. The second-order valence-electron chi connectivity index (χ2n) is 6.46. The standard InChI is InChI=1S/C15H28N4O4S/c1-15(2,3)12-10-18-13(23-12)11-19-14(16-4)17-6-7-22-8-9-24(5,20)21/h10H,6-9,11H2,1-5H3,(H2,16,17,19). The highest BCUT2D eigenvalue weighted by atomic mass is 32.2. The Bertz CT molecular complexity index is 632. The predicted octanol–water partition coefficient (Wildman–Crippen LogP) is 0.698. The third-order valence-corrected chi connectivity index (χ3v) is 3.97. The summed E-state index contributed by atoms with van der Waals surface area (Å²) in [5.41, 5.74) is -0.0749. The van der Waals surface area contributed by atoms with E-state index >= 15 is 0 Å². The Labute approximate surface area is 144 Å². The number of nitrogens with one attached hydrogen (secondary N) is 2. The summed E-state index contributed by atoms with van der Waals surface area (Å²) in [4.78, 5) is 8.33. The molecule has 0 bridgehead atoms. The van der Waals surface area contributed by atoms with Crippen LogP contribution in [-0.4, -0.2) is 58.2 Å². The van der Waals surface area contributed by atoms with Crippen molar-refractivity contribution in [1.29, 1.82) is 0 Å². The van der Waals surface area contributed by atoms with Crippen molar-refractivity contribution in [2.45, 2.75) is 32.7 Å². The second kappa shape index (κ2) is 9.03. The maximum atomic E-state index is 11.0. The molecular formula is C15H28N4O4S. The van der Waals surface area contributed by atoms with Crippen molar-refractivity contribution >= 4 is 15.8 Å². The number of nitrogens with zero attached hydrogens (tertiary/aromatic N) is 2. The molecule has 0 unspecified atom stereocenters. The molecule has 0 radical (unpaired) electrons. The van der Waals surface area contributed by atoms with Gasteiger partial charge >= 0.3 is 0 Å². The lowest BCUT2D eigenvalue weighted by Gasteiger charge is -2.13. The summed E-state index contributed by atoms with van der Waals surface area (Å²) in [6, 6.07) is 0. The number of aromatic nitrogens is 1. The first-order chi connectivity index (χ1) is 11.1. The number of rotatable bonds is 8. The van der Waals surface area contributed by atoms with Crippen LogP contribution in [-0.2, 0) is 26.5 Å². The minimum atomic E-state index is -2.98. The smallest absolute Gasteiger partial charge is 0.213 e. The van der Waals surface area contributed by atoms with Gasteiger partial charge in [0.2, 0.25) is 5.89 Å². The topological polar surface area (TPSA) is 106 Å². The zero-order chi connectivity index (χ0) is 18.2. The lowest BCUT2D eigenvalue weighted by atomic mass is 9.94. The van der Waals surface area contributed by atoms with Gasteiger partial charge in [0.15, 0.2) is 5.96 Å². The highest BCUT2D eigenvalue weighted by molar-refractivity contribution is 7.90. The number of ether oxygens (including phenoxy) is 1. The van der Waals surface area contributed by atoms with Crippen LogP contribution in [0.3, 0.4) is 0 Å². The fraction of sp³-hybridized carbons (Fsp3) is 0.733. The van der Waals surface area contributed by atoms with Gasteiger partial charge in [-0.2, -0.15) is 0 Å². The summed E-state index contributed by atoms with van der Waals surface area (Å²) >= 11 is 0. The van der Waals surface area contributed by atoms with E-state index in [-0.39, 0.29) is 17.8 Å². The van der Waals surface area contributed by atoms with E-state index in [1.54, 1.807) is 13.2 Å². The van der Waals surface area contributed by atoms with Gasteiger partial charge in [-0.15, -0.1) is 0 Å². The molecule has 1 aromatic heterocycles. The molecule has 24 heavy (non-hydrogen) atoms. The van der Waals surface area contributed by atoms with Crippen LogP contribution >= 0.6 is 0 Å². The predicted molar refractivity (Wildman–Crippen MR) is 93.9 cm³/mol. The third-order valence-electron chi connectivity index (χ3n) is 3.06. The fourth-order valence-corrected chi connectivity index (χ4v) is 2.09. The Morgan fingerprint density at radius 1 is 1.33 bits per heavy atom. The Morgan fingerprint density at radius 2 is 2.04 bits per heavy atom. The van der Waals surface area contributed by atoms with E-state index in [9.17, 15) is 8.42 Å². The molecule has 0 atom stereocenters. The van der Waals surface area contributed by atoms with Crippen LogP contribution in [0.15, 0.2) is 15.6 Å². The number of guanidine groups is 1. The van der Waals surface area contributed by atoms with Gasteiger partial charge in [-0.3, -0.25) is 4.99 Å². The summed E-state index contributed by atoms with van der Waals surface area (Å²) in [7, 11) is -1.32. The third kappa shape index (κ3) is 8.30. The van der Waals surface area contributed by atoms with E-state index in [0.717, 1.165) is 5.76 Å². The normalized spacial score (nSPS) is 13.1. The van der Waals surface area contributed by atoms with Crippen LogP contribution in [0.4, 0.5) is 0 Å². The van der Waals surface area contributed by atoms with E-state index in [1.165, 1.54) is 6.26 Å². The number of sulfone groups is 1. The maximum absolute atomic E-state index is 11.0. The van der Waals surface area contributed by atoms with Crippen molar-refractivity contribution in [2.24, 2.45) is 4.99 Å². The van der Waals surface area contributed by atoms with Gasteiger partial charge in [0.05, 0.1) is 31.7 Å². The first-order valence-corrected chi connectivity index (χ1v) is 9.83. The number of oxazole rings is 1. The number of aliphatic imine (C=N–C) groups is 1. The Morgan fingerprint density at radius 3 is 2.58 bits per heavy atom. The highest BCUT2D eigenvalue weighted by Crippen LogP contribution is 2.22. The van der Waals surface area contributed by atoms with Gasteiger partial charge < -0.3 is 19.8 Å². The van der Waals surface area contributed by atoms with Gasteiger partial charge in [-0.05, 0) is 0 Å². The van der Waals surface area contributed by atoms with Crippen molar-refractivity contribution in [2.75, 3.05) is 38.8 Å². The molecule has 0 fully saturated rings. The quantitative estimate of drug-likeness (QED) is 0.399. The molecule has 0 aliphatic heterocycles. The van der Waals surface area contributed by atoms with Crippen LogP contribution in [0.5, 0.6) is 0 Å². The van der Waals surface area contributed by atoms with Crippen molar-refractivity contribution < 1.29 is 17.6 Å². The molecule has 0 aliphatic rings. The number of hydrogen-bond acceptors (Lipinski definition) is 6. The van der Waals surface area contributed by atoms with Crippen LogP contribution < -0.4 is 10.6 Å². The minimum Gasteiger partial charge on any atom is -0.443 e. The molecule has 0 amide bonds. The van der Waals surface area contributed by atoms with E-state index in [2.05, 4.69) is 41.4 Å². The molecule has 8 nitrogen and oxygen atoms in total. The van der Waals surface area contributed by atoms with Gasteiger partial charge in [-0.1, -0.05) is 20.8 Å². The first kappa shape index (κ1) is 20.4. The van der Waals surface area contributed by atoms with E-state index in [0.29, 0.717) is 31.5 Å². The summed E-state index contributed by atoms with van der Waals surface area (Å²) in [6.07, 6.45) is 2.93. The Hall–Kier alpha value is -1.61. The van der Waals surface area contributed by atoms with E-state index in [1.807, 2.05) is 0 Å². The van der Waals surface area contributed by atoms with Crippen LogP contribution in [0.25, 0.3) is 0 Å².